The van der Waals surface area contributed by atoms with E-state index in [1.807, 2.05) is 41.8 Å². The van der Waals surface area contributed by atoms with Crippen LogP contribution in [-0.4, -0.2) is 31.6 Å². The second-order valence-corrected chi connectivity index (χ2v) is 5.11. The molecule has 19 heavy (non-hydrogen) atoms. The number of aryl methyl sites for hydroxylation is 1. The van der Waals surface area contributed by atoms with Crippen molar-refractivity contribution < 1.29 is 9.90 Å². The number of thioether (sulfide) groups is 1. The van der Waals surface area contributed by atoms with Gasteiger partial charge in [0.1, 0.15) is 5.82 Å². The first-order valence-corrected chi connectivity index (χ1v) is 6.99. The molecule has 1 heterocycles. The van der Waals surface area contributed by atoms with E-state index in [4.69, 9.17) is 5.11 Å². The van der Waals surface area contributed by atoms with E-state index >= 15 is 0 Å². The van der Waals surface area contributed by atoms with E-state index in [9.17, 15) is 4.79 Å². The lowest BCUT2D eigenvalue weighted by Gasteiger charge is -2.07. The number of nitrogens with zero attached hydrogens (tertiary/aromatic N) is 3. The number of carboxylic acids is 1. The number of carbonyl (C=O) groups is 1. The van der Waals surface area contributed by atoms with Gasteiger partial charge in [0, 0.05) is 17.9 Å². The Morgan fingerprint density at radius 3 is 2.74 bits per heavy atom. The molecule has 0 aliphatic heterocycles. The first-order chi connectivity index (χ1) is 9.18. The van der Waals surface area contributed by atoms with E-state index in [0.29, 0.717) is 6.42 Å². The van der Waals surface area contributed by atoms with Crippen molar-refractivity contribution in [2.24, 2.45) is 0 Å². The third-order valence-corrected chi connectivity index (χ3v) is 3.59. The van der Waals surface area contributed by atoms with Crippen LogP contribution in [0, 0.1) is 6.92 Å². The van der Waals surface area contributed by atoms with Crippen molar-refractivity contribution in [1.82, 2.24) is 14.8 Å². The van der Waals surface area contributed by atoms with Crippen LogP contribution in [0.5, 0.6) is 0 Å². The Hall–Kier alpha value is -1.82. The summed E-state index contributed by atoms with van der Waals surface area (Å²) >= 11 is 1.53. The minimum Gasteiger partial charge on any atom is -0.481 e. The summed E-state index contributed by atoms with van der Waals surface area (Å²) in [5.41, 5.74) is 1.02. The Morgan fingerprint density at radius 2 is 2.05 bits per heavy atom. The standard InChI is InChI=1S/C13H15N3O2S/c1-10-14-15-13(19-9-5-8-12(17)18)16(10)11-6-3-2-4-7-11/h2-4,6-7H,5,8-9H2,1H3,(H,17,18). The third kappa shape index (κ3) is 3.57. The van der Waals surface area contributed by atoms with Crippen LogP contribution in [-0.2, 0) is 4.79 Å². The van der Waals surface area contributed by atoms with Crippen LogP contribution < -0.4 is 0 Å². The van der Waals surface area contributed by atoms with Crippen LogP contribution in [0.4, 0.5) is 0 Å². The van der Waals surface area contributed by atoms with E-state index in [-0.39, 0.29) is 6.42 Å². The van der Waals surface area contributed by atoms with Crippen molar-refractivity contribution in [2.45, 2.75) is 24.9 Å². The number of aromatic nitrogens is 3. The summed E-state index contributed by atoms with van der Waals surface area (Å²) in [6.45, 7) is 1.90. The molecule has 0 saturated heterocycles. The first kappa shape index (κ1) is 13.6. The average molecular weight is 277 g/mol. The first-order valence-electron chi connectivity index (χ1n) is 6.00. The Labute approximate surface area is 115 Å². The number of benzene rings is 1. The number of carboxylic acid groups (broad SMARTS) is 1. The van der Waals surface area contributed by atoms with Gasteiger partial charge in [-0.25, -0.2) is 0 Å². The molecule has 0 unspecified atom stereocenters. The Balaban J connectivity index is 2.08. The topological polar surface area (TPSA) is 68.0 Å². The molecule has 0 aliphatic rings. The van der Waals surface area contributed by atoms with Crippen molar-refractivity contribution in [3.05, 3.63) is 36.2 Å². The molecule has 1 aromatic heterocycles. The average Bonchev–Trinajstić information content (AvgIpc) is 2.77. The fraction of sp³-hybridized carbons (Fsp3) is 0.308. The molecule has 0 fully saturated rings. The van der Waals surface area contributed by atoms with Crippen LogP contribution >= 0.6 is 11.8 Å². The normalized spacial score (nSPS) is 10.6. The molecular formula is C13H15N3O2S. The van der Waals surface area contributed by atoms with Gasteiger partial charge in [-0.1, -0.05) is 30.0 Å². The minimum atomic E-state index is -0.763. The molecule has 0 amide bonds. The zero-order valence-corrected chi connectivity index (χ0v) is 11.4. The maximum atomic E-state index is 10.5. The van der Waals surface area contributed by atoms with E-state index < -0.39 is 5.97 Å². The van der Waals surface area contributed by atoms with Crippen molar-refractivity contribution in [2.75, 3.05) is 5.75 Å². The highest BCUT2D eigenvalue weighted by molar-refractivity contribution is 7.99. The molecule has 1 aromatic carbocycles. The molecule has 100 valence electrons. The van der Waals surface area contributed by atoms with Crippen molar-refractivity contribution in [1.29, 1.82) is 0 Å². The van der Waals surface area contributed by atoms with Gasteiger partial charge < -0.3 is 5.11 Å². The van der Waals surface area contributed by atoms with Gasteiger partial charge in [0.15, 0.2) is 5.16 Å². The van der Waals surface area contributed by atoms with Gasteiger partial charge in [-0.2, -0.15) is 0 Å². The maximum absolute atomic E-state index is 10.5. The van der Waals surface area contributed by atoms with Gasteiger partial charge in [0.2, 0.25) is 0 Å². The van der Waals surface area contributed by atoms with E-state index in [1.165, 1.54) is 11.8 Å². The maximum Gasteiger partial charge on any atom is 0.303 e. The molecule has 6 heteroatoms. The van der Waals surface area contributed by atoms with Crippen LogP contribution in [0.25, 0.3) is 5.69 Å². The number of hydrogen-bond acceptors (Lipinski definition) is 4. The fourth-order valence-corrected chi connectivity index (χ4v) is 2.63. The van der Waals surface area contributed by atoms with Crippen LogP contribution in [0.3, 0.4) is 0 Å². The third-order valence-electron chi connectivity index (χ3n) is 2.58. The minimum absolute atomic E-state index is 0.186. The summed E-state index contributed by atoms with van der Waals surface area (Å²) in [5.74, 6) is 0.783. The number of para-hydroxylation sites is 1. The molecule has 0 spiro atoms. The summed E-state index contributed by atoms with van der Waals surface area (Å²) in [4.78, 5) is 10.5. The highest BCUT2D eigenvalue weighted by Gasteiger charge is 2.10. The summed E-state index contributed by atoms with van der Waals surface area (Å²) in [6, 6.07) is 9.89. The van der Waals surface area contributed by atoms with Crippen molar-refractivity contribution in [3.63, 3.8) is 0 Å². The quantitative estimate of drug-likeness (QED) is 0.649. The molecule has 0 aliphatic carbocycles. The van der Waals surface area contributed by atoms with Gasteiger partial charge >= 0.3 is 5.97 Å². The Morgan fingerprint density at radius 1 is 1.32 bits per heavy atom. The zero-order chi connectivity index (χ0) is 13.7. The van der Waals surface area contributed by atoms with E-state index in [1.54, 1.807) is 0 Å². The summed E-state index contributed by atoms with van der Waals surface area (Å²) in [6.07, 6.45) is 0.812. The number of hydrogen-bond donors (Lipinski definition) is 1. The molecular weight excluding hydrogens is 262 g/mol. The molecule has 0 radical (unpaired) electrons. The highest BCUT2D eigenvalue weighted by atomic mass is 32.2. The van der Waals surface area contributed by atoms with Crippen molar-refractivity contribution in [3.8, 4) is 5.69 Å². The van der Waals surface area contributed by atoms with Crippen LogP contribution in [0.1, 0.15) is 18.7 Å². The largest absolute Gasteiger partial charge is 0.481 e. The smallest absolute Gasteiger partial charge is 0.303 e. The van der Waals surface area contributed by atoms with Gasteiger partial charge in [0.25, 0.3) is 0 Å². The molecule has 1 N–H and O–H groups in total. The SMILES string of the molecule is Cc1nnc(SCCCC(=O)O)n1-c1ccccc1. The lowest BCUT2D eigenvalue weighted by molar-refractivity contribution is -0.137. The van der Waals surface area contributed by atoms with Gasteiger partial charge in [0.05, 0.1) is 0 Å². The molecule has 0 atom stereocenters. The van der Waals surface area contributed by atoms with Crippen LogP contribution in [0.2, 0.25) is 0 Å². The van der Waals surface area contributed by atoms with E-state index in [0.717, 1.165) is 22.4 Å². The molecule has 5 nitrogen and oxygen atoms in total. The molecule has 2 aromatic rings. The number of rotatable bonds is 6. The summed E-state index contributed by atoms with van der Waals surface area (Å²) in [5, 5.41) is 17.6. The zero-order valence-electron chi connectivity index (χ0n) is 10.6. The van der Waals surface area contributed by atoms with E-state index in [2.05, 4.69) is 10.2 Å². The van der Waals surface area contributed by atoms with Gasteiger partial charge in [-0.05, 0) is 25.5 Å². The summed E-state index contributed by atoms with van der Waals surface area (Å²) in [7, 11) is 0. The van der Waals surface area contributed by atoms with Gasteiger partial charge in [-0.15, -0.1) is 10.2 Å². The van der Waals surface area contributed by atoms with Gasteiger partial charge in [-0.3, -0.25) is 9.36 Å². The lowest BCUT2D eigenvalue weighted by atomic mass is 10.3. The Kier molecular flexibility index (Phi) is 4.57. The second kappa shape index (κ2) is 6.38. The van der Waals surface area contributed by atoms with Crippen LogP contribution in [0.15, 0.2) is 35.5 Å². The lowest BCUT2D eigenvalue weighted by Crippen LogP contribution is -2.00. The highest BCUT2D eigenvalue weighted by Crippen LogP contribution is 2.22. The fourth-order valence-electron chi connectivity index (χ4n) is 1.70. The molecule has 0 saturated carbocycles. The second-order valence-electron chi connectivity index (χ2n) is 4.05. The predicted molar refractivity (Wildman–Crippen MR) is 73.7 cm³/mol. The predicted octanol–water partition coefficient (Wildman–Crippen LogP) is 2.53. The monoisotopic (exact) mass is 277 g/mol. The summed E-state index contributed by atoms with van der Waals surface area (Å²) < 4.78 is 1.98. The van der Waals surface area contributed by atoms with Crippen molar-refractivity contribution >= 4 is 17.7 Å². The molecule has 2 rings (SSSR count). The number of aliphatic carboxylic acids is 1. The Bertz CT molecular complexity index is 554. The molecule has 0 bridgehead atoms.